The first-order valence-electron chi connectivity index (χ1n) is 19.8. The maximum Gasteiger partial charge on any atom is 0.306 e. The van der Waals surface area contributed by atoms with E-state index >= 15 is 0 Å². The number of hydrogen-bond acceptors (Lipinski definition) is 7. The fourth-order valence-electron chi connectivity index (χ4n) is 5.57. The van der Waals surface area contributed by atoms with Crippen LogP contribution in [0, 0.1) is 0 Å². The molecule has 7 nitrogen and oxygen atoms in total. The Morgan fingerprint density at radius 2 is 0.917 bits per heavy atom. The second-order valence-electron chi connectivity index (χ2n) is 13.6. The van der Waals surface area contributed by atoms with Gasteiger partial charge >= 0.3 is 17.9 Å². The first-order valence-corrected chi connectivity index (χ1v) is 19.8. The summed E-state index contributed by atoms with van der Waals surface area (Å²) in [6, 6.07) is 0. The molecule has 0 N–H and O–H groups in total. The number of ether oxygens (including phenoxy) is 3. The van der Waals surface area contributed by atoms with E-state index in [0.717, 1.165) is 103 Å². The Balaban J connectivity index is 4.11. The minimum atomic E-state index is -0.108. The quantitative estimate of drug-likeness (QED) is 0.0286. The van der Waals surface area contributed by atoms with Gasteiger partial charge in [-0.05, 0) is 91.3 Å². The van der Waals surface area contributed by atoms with Gasteiger partial charge in [0.25, 0.3) is 0 Å². The van der Waals surface area contributed by atoms with Crippen LogP contribution in [0.15, 0.2) is 24.3 Å². The lowest BCUT2D eigenvalue weighted by molar-refractivity contribution is -0.150. The molecule has 0 aliphatic heterocycles. The summed E-state index contributed by atoms with van der Waals surface area (Å²) < 4.78 is 16.6. The summed E-state index contributed by atoms with van der Waals surface area (Å²) in [5, 5.41) is 0. The maximum absolute atomic E-state index is 12.5. The van der Waals surface area contributed by atoms with Gasteiger partial charge in [0.15, 0.2) is 0 Å². The number of carbonyl (C=O) groups is 3. The fourth-order valence-corrected chi connectivity index (χ4v) is 5.57. The van der Waals surface area contributed by atoms with E-state index in [1.54, 1.807) is 0 Å². The molecule has 0 atom stereocenters. The van der Waals surface area contributed by atoms with Gasteiger partial charge in [-0.25, -0.2) is 0 Å². The molecule has 0 fully saturated rings. The lowest BCUT2D eigenvalue weighted by atomic mass is 10.0. The molecule has 0 rings (SSSR count). The van der Waals surface area contributed by atoms with E-state index in [1.165, 1.54) is 51.4 Å². The van der Waals surface area contributed by atoms with Crippen LogP contribution in [0.1, 0.15) is 181 Å². The van der Waals surface area contributed by atoms with Crippen LogP contribution in [0.4, 0.5) is 0 Å². The zero-order valence-corrected chi connectivity index (χ0v) is 31.8. The van der Waals surface area contributed by atoms with Gasteiger partial charge in [0.1, 0.15) is 19.3 Å². The highest BCUT2D eigenvalue weighted by Crippen LogP contribution is 2.18. The summed E-state index contributed by atoms with van der Waals surface area (Å²) in [4.78, 5) is 38.6. The number of unbranched alkanes of at least 4 members (excludes halogenated alkanes) is 16. The van der Waals surface area contributed by atoms with Gasteiger partial charge in [0.05, 0.1) is 0 Å². The van der Waals surface area contributed by atoms with E-state index in [1.807, 2.05) is 26.2 Å². The molecule has 0 aromatic carbocycles. The Kier molecular flexibility index (Phi) is 34.5. The second kappa shape index (κ2) is 36.1. The molecular weight excluding hydrogens is 602 g/mol. The van der Waals surface area contributed by atoms with E-state index in [9.17, 15) is 14.4 Å². The van der Waals surface area contributed by atoms with Crippen LogP contribution in [-0.2, 0) is 28.6 Å². The SMILES string of the molecule is CCCCCCC=CCOC(=O)CCCCCCCC(CCCCCCCC(=O)OCC=CCCCCCC)OC(=O)CCCN(C)C. The predicted molar refractivity (Wildman–Crippen MR) is 200 cm³/mol. The molecular formula is C41H75NO6. The molecule has 0 spiro atoms. The Morgan fingerprint density at radius 3 is 1.38 bits per heavy atom. The van der Waals surface area contributed by atoms with Crippen molar-refractivity contribution in [3.63, 3.8) is 0 Å². The molecule has 7 heteroatoms. The van der Waals surface area contributed by atoms with Gasteiger partial charge in [-0.15, -0.1) is 0 Å². The van der Waals surface area contributed by atoms with E-state index < -0.39 is 0 Å². The minimum Gasteiger partial charge on any atom is -0.462 e. The molecule has 0 aromatic rings. The van der Waals surface area contributed by atoms with E-state index in [4.69, 9.17) is 14.2 Å². The Bertz CT molecular complexity index is 757. The normalized spacial score (nSPS) is 12.3. The third-order valence-electron chi connectivity index (χ3n) is 8.56. The van der Waals surface area contributed by atoms with Crippen molar-refractivity contribution in [2.75, 3.05) is 33.9 Å². The third kappa shape index (κ3) is 35.2. The summed E-state index contributed by atoms with van der Waals surface area (Å²) in [7, 11) is 4.03. The zero-order valence-electron chi connectivity index (χ0n) is 31.8. The van der Waals surface area contributed by atoms with Crippen LogP contribution in [-0.4, -0.2) is 62.8 Å². The van der Waals surface area contributed by atoms with Crippen LogP contribution >= 0.6 is 0 Å². The molecule has 0 aliphatic carbocycles. The summed E-state index contributed by atoms with van der Waals surface area (Å²) in [6.45, 7) is 6.08. The van der Waals surface area contributed by atoms with Crippen molar-refractivity contribution in [2.45, 2.75) is 187 Å². The Labute approximate surface area is 296 Å². The second-order valence-corrected chi connectivity index (χ2v) is 13.6. The molecule has 0 aliphatic rings. The van der Waals surface area contributed by atoms with Crippen molar-refractivity contribution < 1.29 is 28.6 Å². The smallest absolute Gasteiger partial charge is 0.306 e. The van der Waals surface area contributed by atoms with Crippen LogP contribution in [0.25, 0.3) is 0 Å². The average Bonchev–Trinajstić information content (AvgIpc) is 3.05. The van der Waals surface area contributed by atoms with Gasteiger partial charge < -0.3 is 19.1 Å². The molecule has 0 radical (unpaired) electrons. The van der Waals surface area contributed by atoms with Gasteiger partial charge in [-0.1, -0.05) is 115 Å². The first kappa shape index (κ1) is 45.9. The summed E-state index contributed by atoms with van der Waals surface area (Å²) in [6.07, 6.45) is 34.4. The minimum absolute atomic E-state index is 0.0267. The summed E-state index contributed by atoms with van der Waals surface area (Å²) in [5.41, 5.74) is 0. The highest BCUT2D eigenvalue weighted by atomic mass is 16.5. The van der Waals surface area contributed by atoms with Crippen molar-refractivity contribution in [2.24, 2.45) is 0 Å². The number of carbonyl (C=O) groups excluding carboxylic acids is 3. The van der Waals surface area contributed by atoms with Crippen LogP contribution < -0.4 is 0 Å². The molecule has 0 unspecified atom stereocenters. The maximum atomic E-state index is 12.5. The lowest BCUT2D eigenvalue weighted by Gasteiger charge is -2.18. The monoisotopic (exact) mass is 678 g/mol. The largest absolute Gasteiger partial charge is 0.462 e. The van der Waals surface area contributed by atoms with E-state index in [-0.39, 0.29) is 24.0 Å². The van der Waals surface area contributed by atoms with Crippen molar-refractivity contribution >= 4 is 17.9 Å². The van der Waals surface area contributed by atoms with E-state index in [0.29, 0.717) is 32.5 Å². The zero-order chi connectivity index (χ0) is 35.3. The van der Waals surface area contributed by atoms with Gasteiger partial charge in [-0.2, -0.15) is 0 Å². The van der Waals surface area contributed by atoms with Crippen molar-refractivity contribution in [3.05, 3.63) is 24.3 Å². The number of allylic oxidation sites excluding steroid dienone is 2. The highest BCUT2D eigenvalue weighted by molar-refractivity contribution is 5.70. The molecule has 0 saturated carbocycles. The third-order valence-corrected chi connectivity index (χ3v) is 8.56. The fraction of sp³-hybridized carbons (Fsp3) is 0.829. The predicted octanol–water partition coefficient (Wildman–Crippen LogP) is 10.8. The number of hydrogen-bond donors (Lipinski definition) is 0. The van der Waals surface area contributed by atoms with Crippen molar-refractivity contribution in [3.8, 4) is 0 Å². The lowest BCUT2D eigenvalue weighted by Crippen LogP contribution is -2.20. The average molecular weight is 678 g/mol. The van der Waals surface area contributed by atoms with Crippen molar-refractivity contribution in [1.29, 1.82) is 0 Å². The molecule has 0 bridgehead atoms. The van der Waals surface area contributed by atoms with Crippen molar-refractivity contribution in [1.82, 2.24) is 4.90 Å². The molecule has 48 heavy (non-hydrogen) atoms. The summed E-state index contributed by atoms with van der Waals surface area (Å²) >= 11 is 0. The molecule has 0 amide bonds. The number of nitrogens with zero attached hydrogens (tertiary/aromatic N) is 1. The molecule has 0 aromatic heterocycles. The van der Waals surface area contributed by atoms with Crippen LogP contribution in [0.5, 0.6) is 0 Å². The van der Waals surface area contributed by atoms with Crippen LogP contribution in [0.2, 0.25) is 0 Å². The van der Waals surface area contributed by atoms with E-state index in [2.05, 4.69) is 30.9 Å². The number of rotatable bonds is 35. The highest BCUT2D eigenvalue weighted by Gasteiger charge is 2.14. The number of esters is 3. The summed E-state index contributed by atoms with van der Waals surface area (Å²) in [5.74, 6) is -0.303. The Morgan fingerprint density at radius 1 is 0.500 bits per heavy atom. The van der Waals surface area contributed by atoms with Gasteiger partial charge in [0, 0.05) is 19.3 Å². The molecule has 0 heterocycles. The first-order chi connectivity index (χ1) is 23.4. The standard InChI is InChI=1S/C41H75NO6/c1-5-7-9-11-13-21-27-36-46-39(43)32-25-19-15-17-23-30-38(48-41(45)34-29-35-42(3)4)31-24-18-16-20-26-33-40(44)47-37-28-22-14-12-10-8-6-2/h21-22,27-28,38H,5-20,23-26,29-37H2,1-4H3. The van der Waals surface area contributed by atoms with Gasteiger partial charge in [0.2, 0.25) is 0 Å². The van der Waals surface area contributed by atoms with Crippen LogP contribution in [0.3, 0.4) is 0 Å². The molecule has 0 saturated heterocycles. The topological polar surface area (TPSA) is 82.1 Å². The van der Waals surface area contributed by atoms with Gasteiger partial charge in [-0.3, -0.25) is 14.4 Å². The molecule has 280 valence electrons. The Hall–Kier alpha value is -2.15.